The van der Waals surface area contributed by atoms with Gasteiger partial charge in [0.05, 0.1) is 12.7 Å². The summed E-state index contributed by atoms with van der Waals surface area (Å²) in [7, 11) is 1.25. The summed E-state index contributed by atoms with van der Waals surface area (Å²) in [5, 5.41) is 2.55. The Labute approximate surface area is 134 Å². The number of hydrogen-bond donors (Lipinski definition) is 1. The largest absolute Gasteiger partial charge is 0.467 e. The number of hydrogen-bond acceptors (Lipinski definition) is 3. The van der Waals surface area contributed by atoms with E-state index >= 15 is 0 Å². The smallest absolute Gasteiger partial charge is 0.328 e. The van der Waals surface area contributed by atoms with E-state index in [1.165, 1.54) is 25.3 Å². The van der Waals surface area contributed by atoms with Gasteiger partial charge in [-0.05, 0) is 30.2 Å². The molecule has 0 aliphatic carbocycles. The number of aryl methyl sites for hydroxylation is 1. The zero-order valence-corrected chi connectivity index (χ0v) is 13.0. The third kappa shape index (κ3) is 4.16. The van der Waals surface area contributed by atoms with E-state index in [9.17, 15) is 14.0 Å². The van der Waals surface area contributed by atoms with Gasteiger partial charge in [-0.1, -0.05) is 36.4 Å². The third-order valence-corrected chi connectivity index (χ3v) is 3.59. The van der Waals surface area contributed by atoms with Gasteiger partial charge in [-0.25, -0.2) is 9.18 Å². The second kappa shape index (κ2) is 7.54. The summed E-state index contributed by atoms with van der Waals surface area (Å²) in [6.07, 6.45) is 0.277. The zero-order chi connectivity index (χ0) is 16.8. The first-order valence-electron chi connectivity index (χ1n) is 7.20. The fourth-order valence-electron chi connectivity index (χ4n) is 2.28. The molecule has 1 amide bonds. The van der Waals surface area contributed by atoms with Crippen LogP contribution in [0.2, 0.25) is 0 Å². The van der Waals surface area contributed by atoms with E-state index in [0.29, 0.717) is 0 Å². The summed E-state index contributed by atoms with van der Waals surface area (Å²) < 4.78 is 18.4. The Balaban J connectivity index is 2.20. The van der Waals surface area contributed by atoms with Crippen LogP contribution in [-0.2, 0) is 16.0 Å². The highest BCUT2D eigenvalue weighted by Crippen LogP contribution is 2.12. The zero-order valence-electron chi connectivity index (χ0n) is 13.0. The van der Waals surface area contributed by atoms with Crippen LogP contribution in [-0.4, -0.2) is 25.0 Å². The van der Waals surface area contributed by atoms with Crippen LogP contribution < -0.4 is 5.32 Å². The van der Waals surface area contributed by atoms with Gasteiger partial charge >= 0.3 is 5.97 Å². The molecule has 1 N–H and O–H groups in total. The minimum absolute atomic E-state index is 0.105. The Kier molecular flexibility index (Phi) is 5.46. The first-order chi connectivity index (χ1) is 11.0. The number of ether oxygens (including phenoxy) is 1. The van der Waals surface area contributed by atoms with Crippen molar-refractivity contribution in [1.82, 2.24) is 5.32 Å². The average Bonchev–Trinajstić information content (AvgIpc) is 2.55. The van der Waals surface area contributed by atoms with Gasteiger partial charge in [0.1, 0.15) is 11.9 Å². The number of rotatable bonds is 5. The molecule has 0 fully saturated rings. The van der Waals surface area contributed by atoms with Crippen molar-refractivity contribution in [2.45, 2.75) is 19.4 Å². The molecule has 0 heterocycles. The van der Waals surface area contributed by atoms with Crippen LogP contribution in [0.5, 0.6) is 0 Å². The lowest BCUT2D eigenvalue weighted by Gasteiger charge is -2.18. The van der Waals surface area contributed by atoms with Gasteiger partial charge in [0, 0.05) is 6.42 Å². The number of halogens is 1. The number of nitrogens with one attached hydrogen (secondary N) is 1. The summed E-state index contributed by atoms with van der Waals surface area (Å²) in [6, 6.07) is 12.3. The molecule has 23 heavy (non-hydrogen) atoms. The summed E-state index contributed by atoms with van der Waals surface area (Å²) >= 11 is 0. The van der Waals surface area contributed by atoms with Crippen LogP contribution in [0.25, 0.3) is 0 Å². The van der Waals surface area contributed by atoms with E-state index < -0.39 is 23.7 Å². The minimum atomic E-state index is -0.881. The molecule has 120 valence electrons. The fourth-order valence-corrected chi connectivity index (χ4v) is 2.28. The highest BCUT2D eigenvalue weighted by atomic mass is 19.1. The molecule has 4 nitrogen and oxygen atoms in total. The molecular formula is C18H18FNO3. The summed E-state index contributed by atoms with van der Waals surface area (Å²) in [5.41, 5.74) is 1.81. The van der Waals surface area contributed by atoms with Crippen molar-refractivity contribution in [2.75, 3.05) is 7.11 Å². The number of methoxy groups -OCH3 is 1. The number of carbonyl (C=O) groups excluding carboxylic acids is 2. The molecule has 2 rings (SSSR count). The van der Waals surface area contributed by atoms with Gasteiger partial charge in [-0.15, -0.1) is 0 Å². The molecule has 0 radical (unpaired) electrons. The normalized spacial score (nSPS) is 11.6. The third-order valence-electron chi connectivity index (χ3n) is 3.59. The number of esters is 1. The lowest BCUT2D eigenvalue weighted by molar-refractivity contribution is -0.142. The molecule has 2 aromatic carbocycles. The molecule has 2 aromatic rings. The van der Waals surface area contributed by atoms with E-state index in [0.717, 1.165) is 11.1 Å². The van der Waals surface area contributed by atoms with E-state index in [-0.39, 0.29) is 12.0 Å². The lowest BCUT2D eigenvalue weighted by Crippen LogP contribution is -2.43. The van der Waals surface area contributed by atoms with Gasteiger partial charge in [-0.2, -0.15) is 0 Å². The van der Waals surface area contributed by atoms with E-state index in [1.54, 1.807) is 6.07 Å². The molecule has 0 aromatic heterocycles. The topological polar surface area (TPSA) is 55.4 Å². The van der Waals surface area contributed by atoms with E-state index in [2.05, 4.69) is 5.32 Å². The van der Waals surface area contributed by atoms with E-state index in [4.69, 9.17) is 4.74 Å². The van der Waals surface area contributed by atoms with Crippen molar-refractivity contribution in [2.24, 2.45) is 0 Å². The van der Waals surface area contributed by atoms with Gasteiger partial charge in [0.25, 0.3) is 5.91 Å². The maximum atomic E-state index is 13.7. The molecule has 0 spiro atoms. The maximum Gasteiger partial charge on any atom is 0.328 e. The van der Waals surface area contributed by atoms with Crippen LogP contribution >= 0.6 is 0 Å². The molecule has 5 heteroatoms. The Morgan fingerprint density at radius 3 is 2.43 bits per heavy atom. The van der Waals surface area contributed by atoms with Crippen LogP contribution in [0.4, 0.5) is 4.39 Å². The predicted octanol–water partition coefficient (Wildman–Crippen LogP) is 2.65. The van der Waals surface area contributed by atoms with Crippen molar-refractivity contribution < 1.29 is 18.7 Å². The fraction of sp³-hybridized carbons (Fsp3) is 0.222. The standard InChI is InChI=1S/C18H18FNO3/c1-12-7-3-4-8-13(12)11-16(18(22)23-2)20-17(21)14-9-5-6-10-15(14)19/h3-10,16H,11H2,1-2H3,(H,20,21)/t16-/m1/s1. The van der Waals surface area contributed by atoms with E-state index in [1.807, 2.05) is 31.2 Å². The Bertz CT molecular complexity index is 715. The number of benzene rings is 2. The predicted molar refractivity (Wildman–Crippen MR) is 84.6 cm³/mol. The summed E-state index contributed by atoms with van der Waals surface area (Å²) in [5.74, 6) is -1.85. The lowest BCUT2D eigenvalue weighted by atomic mass is 10.0. The Morgan fingerprint density at radius 1 is 1.13 bits per heavy atom. The quantitative estimate of drug-likeness (QED) is 0.863. The minimum Gasteiger partial charge on any atom is -0.467 e. The summed E-state index contributed by atoms with van der Waals surface area (Å²) in [6.45, 7) is 1.92. The molecule has 0 saturated heterocycles. The first-order valence-corrected chi connectivity index (χ1v) is 7.20. The molecule has 1 atom stereocenters. The second-order valence-electron chi connectivity index (χ2n) is 5.16. The van der Waals surface area contributed by atoms with Crippen molar-refractivity contribution in [1.29, 1.82) is 0 Å². The average molecular weight is 315 g/mol. The van der Waals surface area contributed by atoms with Crippen LogP contribution in [0.1, 0.15) is 21.5 Å². The molecule has 0 unspecified atom stereocenters. The van der Waals surface area contributed by atoms with Gasteiger partial charge < -0.3 is 10.1 Å². The molecule has 0 saturated carbocycles. The number of carbonyl (C=O) groups is 2. The van der Waals surface area contributed by atoms with Crippen molar-refractivity contribution in [3.8, 4) is 0 Å². The molecular weight excluding hydrogens is 297 g/mol. The number of amides is 1. The molecule has 0 aliphatic heterocycles. The SMILES string of the molecule is COC(=O)[C@@H](Cc1ccccc1C)NC(=O)c1ccccc1F. The highest BCUT2D eigenvalue weighted by Gasteiger charge is 2.24. The molecule has 0 aliphatic rings. The maximum absolute atomic E-state index is 13.7. The monoisotopic (exact) mass is 315 g/mol. The van der Waals surface area contributed by atoms with Gasteiger partial charge in [-0.3, -0.25) is 4.79 Å². The van der Waals surface area contributed by atoms with Crippen LogP contribution in [0.15, 0.2) is 48.5 Å². The second-order valence-corrected chi connectivity index (χ2v) is 5.16. The van der Waals surface area contributed by atoms with Gasteiger partial charge in [0.15, 0.2) is 0 Å². The van der Waals surface area contributed by atoms with Crippen molar-refractivity contribution >= 4 is 11.9 Å². The molecule has 0 bridgehead atoms. The Morgan fingerprint density at radius 2 is 1.78 bits per heavy atom. The van der Waals surface area contributed by atoms with Crippen LogP contribution in [0, 0.1) is 12.7 Å². The first kappa shape index (κ1) is 16.7. The van der Waals surface area contributed by atoms with Crippen molar-refractivity contribution in [3.05, 3.63) is 71.0 Å². The van der Waals surface area contributed by atoms with Crippen molar-refractivity contribution in [3.63, 3.8) is 0 Å². The summed E-state index contributed by atoms with van der Waals surface area (Å²) in [4.78, 5) is 24.2. The highest BCUT2D eigenvalue weighted by molar-refractivity contribution is 5.97. The van der Waals surface area contributed by atoms with Crippen LogP contribution in [0.3, 0.4) is 0 Å². The Hall–Kier alpha value is -2.69. The van der Waals surface area contributed by atoms with Gasteiger partial charge in [0.2, 0.25) is 0 Å².